The molecular formula is C17H20N2O3S. The van der Waals surface area contributed by atoms with Crippen LogP contribution in [0.3, 0.4) is 0 Å². The Hall–Kier alpha value is -1.92. The van der Waals surface area contributed by atoms with E-state index in [2.05, 4.69) is 10.3 Å². The summed E-state index contributed by atoms with van der Waals surface area (Å²) in [7, 11) is 0. The molecule has 2 N–H and O–H groups in total. The molecule has 0 saturated heterocycles. The van der Waals surface area contributed by atoms with E-state index in [0.29, 0.717) is 16.3 Å². The van der Waals surface area contributed by atoms with Crippen molar-refractivity contribution in [3.05, 3.63) is 40.3 Å². The van der Waals surface area contributed by atoms with Crippen LogP contribution in [0.2, 0.25) is 0 Å². The predicted octanol–water partition coefficient (Wildman–Crippen LogP) is 3.39. The molecule has 1 aliphatic carbocycles. The van der Waals surface area contributed by atoms with E-state index in [9.17, 15) is 9.90 Å². The summed E-state index contributed by atoms with van der Waals surface area (Å²) in [5, 5.41) is 12.8. The fraction of sp³-hybridized carbons (Fsp3) is 0.412. The highest BCUT2D eigenvalue weighted by atomic mass is 32.1. The first-order valence-electron chi connectivity index (χ1n) is 7.79. The van der Waals surface area contributed by atoms with Crippen LogP contribution in [0, 0.1) is 6.92 Å². The number of anilines is 1. The van der Waals surface area contributed by atoms with Gasteiger partial charge in [0.1, 0.15) is 16.7 Å². The highest BCUT2D eigenvalue weighted by Crippen LogP contribution is 2.25. The molecule has 1 heterocycles. The van der Waals surface area contributed by atoms with E-state index in [0.717, 1.165) is 31.4 Å². The van der Waals surface area contributed by atoms with Crippen LogP contribution in [0.25, 0.3) is 0 Å². The summed E-state index contributed by atoms with van der Waals surface area (Å²) in [6, 6.07) is 7.24. The SMILES string of the molecule is Cc1ncsc1C(=O)Nc1ccc(O[C@H]2CCCC[C@H]2O)cc1. The summed E-state index contributed by atoms with van der Waals surface area (Å²) in [6.45, 7) is 1.82. The van der Waals surface area contributed by atoms with Crippen LogP contribution in [0.4, 0.5) is 5.69 Å². The van der Waals surface area contributed by atoms with Crippen molar-refractivity contribution in [1.29, 1.82) is 0 Å². The van der Waals surface area contributed by atoms with E-state index >= 15 is 0 Å². The molecule has 0 radical (unpaired) electrons. The molecule has 1 saturated carbocycles. The summed E-state index contributed by atoms with van der Waals surface area (Å²) >= 11 is 1.33. The summed E-state index contributed by atoms with van der Waals surface area (Å²) in [5.74, 6) is 0.560. The van der Waals surface area contributed by atoms with E-state index in [1.807, 2.05) is 19.1 Å². The molecule has 1 aromatic carbocycles. The molecule has 6 heteroatoms. The summed E-state index contributed by atoms with van der Waals surface area (Å²) in [4.78, 5) is 16.8. The molecule has 0 spiro atoms. The van der Waals surface area contributed by atoms with Gasteiger partial charge in [-0.1, -0.05) is 6.42 Å². The van der Waals surface area contributed by atoms with Crippen molar-refractivity contribution >= 4 is 22.9 Å². The van der Waals surface area contributed by atoms with Gasteiger partial charge in [0.15, 0.2) is 0 Å². The molecule has 1 aromatic heterocycles. The lowest BCUT2D eigenvalue weighted by Crippen LogP contribution is -2.34. The number of nitrogens with one attached hydrogen (secondary N) is 1. The Morgan fingerprint density at radius 2 is 2.04 bits per heavy atom. The Labute approximate surface area is 139 Å². The van der Waals surface area contributed by atoms with Crippen molar-refractivity contribution in [1.82, 2.24) is 4.98 Å². The second-order valence-electron chi connectivity index (χ2n) is 5.75. The Balaban J connectivity index is 1.61. The van der Waals surface area contributed by atoms with Crippen molar-refractivity contribution in [3.8, 4) is 5.75 Å². The number of hydrogen-bond acceptors (Lipinski definition) is 5. The van der Waals surface area contributed by atoms with Gasteiger partial charge in [0.2, 0.25) is 0 Å². The van der Waals surface area contributed by atoms with Crippen molar-refractivity contribution in [2.24, 2.45) is 0 Å². The lowest BCUT2D eigenvalue weighted by molar-refractivity contribution is 0.00688. The molecule has 0 unspecified atom stereocenters. The molecule has 0 bridgehead atoms. The zero-order chi connectivity index (χ0) is 16.2. The van der Waals surface area contributed by atoms with Crippen LogP contribution < -0.4 is 10.1 Å². The third kappa shape index (κ3) is 3.89. The van der Waals surface area contributed by atoms with E-state index in [-0.39, 0.29) is 12.0 Å². The normalized spacial score (nSPS) is 21.0. The van der Waals surface area contributed by atoms with Gasteiger partial charge < -0.3 is 15.2 Å². The van der Waals surface area contributed by atoms with Crippen molar-refractivity contribution in [2.45, 2.75) is 44.8 Å². The first-order valence-corrected chi connectivity index (χ1v) is 8.67. The lowest BCUT2D eigenvalue weighted by Gasteiger charge is -2.28. The Morgan fingerprint density at radius 3 is 2.70 bits per heavy atom. The van der Waals surface area contributed by atoms with Gasteiger partial charge in [-0.25, -0.2) is 4.98 Å². The van der Waals surface area contributed by atoms with Crippen LogP contribution in [-0.4, -0.2) is 28.2 Å². The van der Waals surface area contributed by atoms with Gasteiger partial charge >= 0.3 is 0 Å². The molecule has 2 aromatic rings. The number of carbonyl (C=O) groups excluding carboxylic acids is 1. The highest BCUT2D eigenvalue weighted by molar-refractivity contribution is 7.12. The molecule has 1 fully saturated rings. The standard InChI is InChI=1S/C17H20N2O3S/c1-11-16(23-10-18-11)17(21)19-12-6-8-13(9-7-12)22-15-5-3-2-4-14(15)20/h6-10,14-15,20H,2-5H2,1H3,(H,19,21)/t14-,15+/m1/s1. The molecule has 3 rings (SSSR count). The highest BCUT2D eigenvalue weighted by Gasteiger charge is 2.24. The number of rotatable bonds is 4. The van der Waals surface area contributed by atoms with Gasteiger partial charge in [-0.15, -0.1) is 11.3 Å². The average Bonchev–Trinajstić information content (AvgIpc) is 2.98. The Kier molecular flexibility index (Phi) is 4.93. The van der Waals surface area contributed by atoms with Crippen molar-refractivity contribution < 1.29 is 14.6 Å². The van der Waals surface area contributed by atoms with Gasteiger partial charge in [0, 0.05) is 5.69 Å². The van der Waals surface area contributed by atoms with Crippen molar-refractivity contribution in [3.63, 3.8) is 0 Å². The first-order chi connectivity index (χ1) is 11.1. The molecule has 122 valence electrons. The summed E-state index contributed by atoms with van der Waals surface area (Å²) < 4.78 is 5.85. The molecule has 0 aliphatic heterocycles. The number of hydrogen-bond donors (Lipinski definition) is 2. The first kappa shape index (κ1) is 16.0. The minimum absolute atomic E-state index is 0.135. The minimum atomic E-state index is -0.391. The van der Waals surface area contributed by atoms with E-state index in [1.54, 1.807) is 17.6 Å². The molecule has 1 aliphatic rings. The van der Waals surface area contributed by atoms with Gasteiger partial charge in [-0.05, 0) is 50.5 Å². The third-order valence-corrected chi connectivity index (χ3v) is 4.95. The Morgan fingerprint density at radius 1 is 1.30 bits per heavy atom. The number of aliphatic hydroxyl groups excluding tert-OH is 1. The van der Waals surface area contributed by atoms with Gasteiger partial charge in [-0.3, -0.25) is 4.79 Å². The van der Waals surface area contributed by atoms with Gasteiger partial charge in [-0.2, -0.15) is 0 Å². The molecule has 2 atom stereocenters. The number of ether oxygens (including phenoxy) is 1. The number of carbonyl (C=O) groups is 1. The van der Waals surface area contributed by atoms with Crippen molar-refractivity contribution in [2.75, 3.05) is 5.32 Å². The maximum absolute atomic E-state index is 12.1. The topological polar surface area (TPSA) is 71.5 Å². The van der Waals surface area contributed by atoms with Gasteiger partial charge in [0.05, 0.1) is 17.3 Å². The smallest absolute Gasteiger partial charge is 0.267 e. The number of aromatic nitrogens is 1. The lowest BCUT2D eigenvalue weighted by atomic mass is 9.95. The number of benzene rings is 1. The number of amides is 1. The summed E-state index contributed by atoms with van der Waals surface area (Å²) in [5.41, 5.74) is 3.11. The predicted molar refractivity (Wildman–Crippen MR) is 90.1 cm³/mol. The fourth-order valence-electron chi connectivity index (χ4n) is 2.71. The molecular weight excluding hydrogens is 312 g/mol. The second-order valence-corrected chi connectivity index (χ2v) is 6.61. The molecule has 23 heavy (non-hydrogen) atoms. The van der Waals surface area contributed by atoms with Crippen LogP contribution in [0.5, 0.6) is 5.75 Å². The molecule has 1 amide bonds. The monoisotopic (exact) mass is 332 g/mol. The number of nitrogens with zero attached hydrogens (tertiary/aromatic N) is 1. The fourth-order valence-corrected chi connectivity index (χ4v) is 3.41. The minimum Gasteiger partial charge on any atom is -0.488 e. The van der Waals surface area contributed by atoms with Crippen LogP contribution >= 0.6 is 11.3 Å². The van der Waals surface area contributed by atoms with Crippen LogP contribution in [-0.2, 0) is 0 Å². The average molecular weight is 332 g/mol. The van der Waals surface area contributed by atoms with E-state index in [1.165, 1.54) is 11.3 Å². The maximum Gasteiger partial charge on any atom is 0.267 e. The zero-order valence-corrected chi connectivity index (χ0v) is 13.8. The Bertz CT molecular complexity index is 669. The van der Waals surface area contributed by atoms with E-state index in [4.69, 9.17) is 4.74 Å². The van der Waals surface area contributed by atoms with Crippen LogP contribution in [0.1, 0.15) is 41.0 Å². The number of thiazole rings is 1. The van der Waals surface area contributed by atoms with E-state index < -0.39 is 6.10 Å². The third-order valence-electron chi connectivity index (χ3n) is 4.02. The van der Waals surface area contributed by atoms with Crippen LogP contribution in [0.15, 0.2) is 29.8 Å². The van der Waals surface area contributed by atoms with Gasteiger partial charge in [0.25, 0.3) is 5.91 Å². The zero-order valence-electron chi connectivity index (χ0n) is 13.0. The quantitative estimate of drug-likeness (QED) is 0.900. The maximum atomic E-state index is 12.1. The molecule has 5 nitrogen and oxygen atoms in total. The number of aryl methyl sites for hydroxylation is 1. The second kappa shape index (κ2) is 7.10. The largest absolute Gasteiger partial charge is 0.488 e. The summed E-state index contributed by atoms with van der Waals surface area (Å²) in [6.07, 6.45) is 3.30. The number of aliphatic hydroxyl groups is 1.